The van der Waals surface area contributed by atoms with Crippen molar-refractivity contribution in [3.63, 3.8) is 0 Å². The maximum Gasteiger partial charge on any atom is 0.220 e. The first-order chi connectivity index (χ1) is 46.3. The molecule has 95 heavy (non-hydrogen) atoms. The summed E-state index contributed by atoms with van der Waals surface area (Å²) in [7, 11) is 0. The van der Waals surface area contributed by atoms with E-state index in [4.69, 9.17) is 28.4 Å². The molecule has 19 heteroatoms. The SMILES string of the molecule is CC/C=C\C/C=C\C/C=C\C/C=C\CCCCCCCCCCCCCCC(=O)NC(COC1OC(CO)C(OC2OC(CO)C(OC3OC(CO)C(O)C(O)C3O)C(O)C2O)C(O)C1O)C(O)CCCCCCCCCCCCCCCCCCCCCCCCCCC. The highest BCUT2D eigenvalue weighted by molar-refractivity contribution is 5.76. The predicted molar refractivity (Wildman–Crippen MR) is 374 cm³/mol. The molecule has 3 fully saturated rings. The second-order valence-corrected chi connectivity index (χ2v) is 27.4. The zero-order valence-electron chi connectivity index (χ0n) is 59.2. The van der Waals surface area contributed by atoms with Gasteiger partial charge in [0, 0.05) is 6.42 Å². The Kier molecular flexibility index (Phi) is 52.5. The van der Waals surface area contributed by atoms with Gasteiger partial charge in [-0.1, -0.05) is 287 Å². The maximum absolute atomic E-state index is 13.5. The number of allylic oxidation sites excluding steroid dienone is 8. The van der Waals surface area contributed by atoms with Gasteiger partial charge >= 0.3 is 0 Å². The van der Waals surface area contributed by atoms with Gasteiger partial charge in [0.2, 0.25) is 5.91 Å². The first-order valence-corrected chi connectivity index (χ1v) is 38.4. The van der Waals surface area contributed by atoms with Gasteiger partial charge in [-0.05, 0) is 51.4 Å². The zero-order chi connectivity index (χ0) is 68.9. The van der Waals surface area contributed by atoms with E-state index in [9.17, 15) is 61.0 Å². The van der Waals surface area contributed by atoms with E-state index in [1.165, 1.54) is 186 Å². The third-order valence-corrected chi connectivity index (χ3v) is 19.2. The summed E-state index contributed by atoms with van der Waals surface area (Å²) >= 11 is 0. The number of carbonyl (C=O) groups excluding carboxylic acids is 1. The average molecular weight is 1350 g/mol. The van der Waals surface area contributed by atoms with E-state index in [2.05, 4.69) is 67.8 Å². The van der Waals surface area contributed by atoms with E-state index < -0.39 is 124 Å². The summed E-state index contributed by atoms with van der Waals surface area (Å²) in [6, 6.07) is -0.891. The molecule has 556 valence electrons. The standard InChI is InChI=1S/C76H139NO18/c1-3-5-7-9-11-13-15-17-19-21-23-25-27-29-31-33-35-37-39-41-43-45-47-49-51-53-60(81)59(77-64(82)54-52-50-48-46-44-42-40-38-36-34-32-30-28-26-24-22-20-18-16-14-12-10-8-6-4-2)58-90-74-70(88)67(85)72(62(56-79)92-74)95-76-71(89)68(86)73(63(57-80)93-76)94-75-69(87)66(84)65(83)61(55-78)91-75/h6,8,12,14,18,20,24,26,59-63,65-76,78-81,83-89H,3-5,7,9-11,13,15-17,19,21-23,25,27-58H2,1-2H3,(H,77,82)/b8-6-,14-12-,20-18-,26-24-. The number of rotatable bonds is 60. The van der Waals surface area contributed by atoms with E-state index in [0.717, 1.165) is 77.0 Å². The minimum absolute atomic E-state index is 0.243. The van der Waals surface area contributed by atoms with Crippen molar-refractivity contribution in [2.24, 2.45) is 0 Å². The summed E-state index contributed by atoms with van der Waals surface area (Å²) in [5, 5.41) is 121. The Balaban J connectivity index is 1.39. The third-order valence-electron chi connectivity index (χ3n) is 19.2. The van der Waals surface area contributed by atoms with Gasteiger partial charge in [-0.2, -0.15) is 0 Å². The van der Waals surface area contributed by atoms with Gasteiger partial charge in [0.1, 0.15) is 73.2 Å². The highest BCUT2D eigenvalue weighted by Crippen LogP contribution is 2.33. The van der Waals surface area contributed by atoms with Crippen LogP contribution < -0.4 is 5.32 Å². The third kappa shape index (κ3) is 38.4. The first kappa shape index (κ1) is 87.0. The molecule has 3 aliphatic rings. The van der Waals surface area contributed by atoms with Crippen LogP contribution in [0, 0.1) is 0 Å². The monoisotopic (exact) mass is 1350 g/mol. The van der Waals surface area contributed by atoms with Gasteiger partial charge in [0.25, 0.3) is 0 Å². The molecular weight excluding hydrogens is 1210 g/mol. The molecular formula is C76H139NO18. The van der Waals surface area contributed by atoms with E-state index in [0.29, 0.717) is 12.8 Å². The van der Waals surface area contributed by atoms with E-state index >= 15 is 0 Å². The number of hydrogen-bond donors (Lipinski definition) is 12. The van der Waals surface area contributed by atoms with Crippen molar-refractivity contribution in [1.82, 2.24) is 5.32 Å². The number of amides is 1. The lowest BCUT2D eigenvalue weighted by Gasteiger charge is -2.48. The van der Waals surface area contributed by atoms with Crippen LogP contribution in [-0.2, 0) is 33.2 Å². The molecule has 0 aromatic rings. The number of hydrogen-bond acceptors (Lipinski definition) is 18. The lowest BCUT2D eigenvalue weighted by atomic mass is 9.96. The Morgan fingerprint density at radius 3 is 1.14 bits per heavy atom. The van der Waals surface area contributed by atoms with Crippen molar-refractivity contribution in [3.8, 4) is 0 Å². The fraction of sp³-hybridized carbons (Fsp3) is 0.882. The maximum atomic E-state index is 13.5. The van der Waals surface area contributed by atoms with Gasteiger partial charge in [-0.3, -0.25) is 4.79 Å². The molecule has 19 nitrogen and oxygen atoms in total. The van der Waals surface area contributed by atoms with Crippen molar-refractivity contribution < 1.29 is 89.4 Å². The van der Waals surface area contributed by atoms with Crippen LogP contribution in [0.5, 0.6) is 0 Å². The lowest BCUT2D eigenvalue weighted by molar-refractivity contribution is -0.379. The molecule has 0 aromatic carbocycles. The average Bonchev–Trinajstić information content (AvgIpc) is 0.787. The second-order valence-electron chi connectivity index (χ2n) is 27.4. The van der Waals surface area contributed by atoms with Gasteiger partial charge in [0.15, 0.2) is 18.9 Å². The Bertz CT molecular complexity index is 1910. The molecule has 0 spiro atoms. The van der Waals surface area contributed by atoms with Crippen molar-refractivity contribution in [1.29, 1.82) is 0 Å². The number of unbranched alkanes of at least 4 members (excludes halogenated alkanes) is 36. The van der Waals surface area contributed by atoms with Crippen molar-refractivity contribution in [2.45, 2.75) is 401 Å². The fourth-order valence-electron chi connectivity index (χ4n) is 13.0. The molecule has 0 aromatic heterocycles. The van der Waals surface area contributed by atoms with Gasteiger partial charge < -0.3 is 89.9 Å². The van der Waals surface area contributed by atoms with Crippen LogP contribution in [0.2, 0.25) is 0 Å². The molecule has 3 rings (SSSR count). The summed E-state index contributed by atoms with van der Waals surface area (Å²) < 4.78 is 34.5. The predicted octanol–water partition coefficient (Wildman–Crippen LogP) is 11.7. The van der Waals surface area contributed by atoms with Crippen LogP contribution in [0.4, 0.5) is 0 Å². The largest absolute Gasteiger partial charge is 0.394 e. The smallest absolute Gasteiger partial charge is 0.220 e. The molecule has 0 aliphatic carbocycles. The van der Waals surface area contributed by atoms with E-state index in [-0.39, 0.29) is 18.9 Å². The summed E-state index contributed by atoms with van der Waals surface area (Å²) in [5.74, 6) is -0.243. The Hall–Kier alpha value is -2.25. The van der Waals surface area contributed by atoms with E-state index in [1.54, 1.807) is 0 Å². The number of aliphatic hydroxyl groups excluding tert-OH is 11. The topological polar surface area (TPSA) is 307 Å². The van der Waals surface area contributed by atoms with Gasteiger partial charge in [0.05, 0.1) is 38.6 Å². The van der Waals surface area contributed by atoms with Crippen LogP contribution >= 0.6 is 0 Å². The van der Waals surface area contributed by atoms with Crippen molar-refractivity contribution >= 4 is 5.91 Å². The Morgan fingerprint density at radius 2 is 0.726 bits per heavy atom. The first-order valence-electron chi connectivity index (χ1n) is 38.4. The number of aliphatic hydroxyl groups is 11. The zero-order valence-corrected chi connectivity index (χ0v) is 59.2. The number of ether oxygens (including phenoxy) is 6. The molecule has 3 heterocycles. The van der Waals surface area contributed by atoms with Gasteiger partial charge in [-0.15, -0.1) is 0 Å². The van der Waals surface area contributed by atoms with Gasteiger partial charge in [-0.25, -0.2) is 0 Å². The van der Waals surface area contributed by atoms with Crippen molar-refractivity contribution in [2.75, 3.05) is 26.4 Å². The van der Waals surface area contributed by atoms with Crippen LogP contribution in [0.15, 0.2) is 48.6 Å². The summed E-state index contributed by atoms with van der Waals surface area (Å²) in [6.07, 6.45) is 43.3. The molecule has 3 aliphatic heterocycles. The molecule has 17 unspecified atom stereocenters. The second kappa shape index (κ2) is 57.4. The van der Waals surface area contributed by atoms with Crippen LogP contribution in [-0.4, -0.2) is 193 Å². The molecule has 1 amide bonds. The highest BCUT2D eigenvalue weighted by atomic mass is 16.8. The highest BCUT2D eigenvalue weighted by Gasteiger charge is 2.53. The molecule has 17 atom stereocenters. The van der Waals surface area contributed by atoms with Crippen LogP contribution in [0.1, 0.15) is 296 Å². The molecule has 0 radical (unpaired) electrons. The minimum atomic E-state index is -1.97. The Morgan fingerprint density at radius 1 is 0.389 bits per heavy atom. The Labute approximate surface area is 573 Å². The molecule has 0 bridgehead atoms. The quantitative estimate of drug-likeness (QED) is 0.0199. The van der Waals surface area contributed by atoms with Crippen LogP contribution in [0.3, 0.4) is 0 Å². The summed E-state index contributed by atoms with van der Waals surface area (Å²) in [4.78, 5) is 13.5. The normalized spacial score (nSPS) is 27.4. The molecule has 12 N–H and O–H groups in total. The number of carbonyl (C=O) groups is 1. The van der Waals surface area contributed by atoms with Crippen LogP contribution in [0.25, 0.3) is 0 Å². The van der Waals surface area contributed by atoms with E-state index in [1.807, 2.05) is 0 Å². The summed E-state index contributed by atoms with van der Waals surface area (Å²) in [6.45, 7) is 1.72. The minimum Gasteiger partial charge on any atom is -0.394 e. The summed E-state index contributed by atoms with van der Waals surface area (Å²) in [5.41, 5.74) is 0. The fourth-order valence-corrected chi connectivity index (χ4v) is 13.0. The molecule has 0 saturated carbocycles. The molecule has 3 saturated heterocycles. The lowest BCUT2D eigenvalue weighted by Crippen LogP contribution is -2.66. The van der Waals surface area contributed by atoms with Crippen molar-refractivity contribution in [3.05, 3.63) is 48.6 Å². The number of nitrogens with one attached hydrogen (secondary N) is 1.